The third kappa shape index (κ3) is 3.90. The van der Waals surface area contributed by atoms with Gasteiger partial charge in [0.05, 0.1) is 6.54 Å². The van der Waals surface area contributed by atoms with Crippen molar-refractivity contribution in [1.82, 2.24) is 19.8 Å². The average molecular weight is 473 g/mol. The zero-order valence-corrected chi connectivity index (χ0v) is 19.7. The molecule has 4 aromatic rings. The van der Waals surface area contributed by atoms with Crippen molar-refractivity contribution < 1.29 is 18.8 Å². The zero-order valence-electron chi connectivity index (χ0n) is 19.7. The topological polar surface area (TPSA) is 87.2 Å². The Bertz CT molecular complexity index is 1500. The molecule has 2 N–H and O–H groups in total. The molecule has 8 heteroatoms. The molecule has 3 heterocycles. The molecule has 0 spiro atoms. The number of carbonyl (C=O) groups excluding carboxylic acids is 3. The summed E-state index contributed by atoms with van der Waals surface area (Å²) in [5.41, 5.74) is 4.78. The van der Waals surface area contributed by atoms with E-state index < -0.39 is 18.0 Å². The number of carbonyl (C=O) groups is 3. The highest BCUT2D eigenvalue weighted by Crippen LogP contribution is 2.24. The van der Waals surface area contributed by atoms with Crippen molar-refractivity contribution >= 4 is 28.6 Å². The van der Waals surface area contributed by atoms with E-state index in [1.165, 1.54) is 6.07 Å². The number of fused-ring (bicyclic) bond motifs is 1. The lowest BCUT2D eigenvalue weighted by Gasteiger charge is -2.13. The fourth-order valence-corrected chi connectivity index (χ4v) is 4.78. The molecule has 0 unspecified atom stereocenters. The van der Waals surface area contributed by atoms with Gasteiger partial charge in [0.1, 0.15) is 11.9 Å². The van der Waals surface area contributed by atoms with Gasteiger partial charge in [-0.15, -0.1) is 0 Å². The maximum absolute atomic E-state index is 14.1. The van der Waals surface area contributed by atoms with Crippen molar-refractivity contribution in [3.8, 4) is 5.69 Å². The number of hydrogen-bond acceptors (Lipinski definition) is 3. The molecule has 0 bridgehead atoms. The van der Waals surface area contributed by atoms with Crippen LogP contribution >= 0.6 is 0 Å². The minimum absolute atomic E-state index is 0.326. The fraction of sp³-hybridized carbons (Fsp3) is 0.222. The van der Waals surface area contributed by atoms with Crippen LogP contribution in [-0.4, -0.2) is 44.8 Å². The Morgan fingerprint density at radius 2 is 1.83 bits per heavy atom. The molecule has 3 amide bonds. The molecule has 7 nitrogen and oxygen atoms in total. The monoisotopic (exact) mass is 472 g/mol. The standard InChI is InChI=1S/C27H25FN4O3/c1-15-8-9-19(12-22(15)28)32-16(2)10-21(17(32)3)25(33)14-31-26(34)24(30-27(31)35)11-18-13-29-23-7-5-4-6-20(18)23/h4-10,12-13,24,29H,11,14H2,1-3H3,(H,30,35)/t24-/m1/s1. The van der Waals surface area contributed by atoms with Crippen molar-refractivity contribution in [3.63, 3.8) is 0 Å². The van der Waals surface area contributed by atoms with Gasteiger partial charge in [0.2, 0.25) is 0 Å². The minimum atomic E-state index is -0.738. The summed E-state index contributed by atoms with van der Waals surface area (Å²) < 4.78 is 15.9. The summed E-state index contributed by atoms with van der Waals surface area (Å²) >= 11 is 0. The number of urea groups is 1. The van der Waals surface area contributed by atoms with Crippen molar-refractivity contribution in [2.75, 3.05) is 6.54 Å². The smallest absolute Gasteiger partial charge is 0.325 e. The molecule has 2 aromatic carbocycles. The van der Waals surface area contributed by atoms with Crippen LogP contribution in [-0.2, 0) is 11.2 Å². The van der Waals surface area contributed by atoms with Crippen LogP contribution in [0, 0.1) is 26.6 Å². The quantitative estimate of drug-likeness (QED) is 0.323. The average Bonchev–Trinajstić information content (AvgIpc) is 3.46. The van der Waals surface area contributed by atoms with Crippen LogP contribution in [0.25, 0.3) is 16.6 Å². The van der Waals surface area contributed by atoms with Crippen molar-refractivity contribution in [2.24, 2.45) is 0 Å². The lowest BCUT2D eigenvalue weighted by molar-refractivity contribution is -0.127. The van der Waals surface area contributed by atoms with Gasteiger partial charge in [-0.25, -0.2) is 9.18 Å². The summed E-state index contributed by atoms with van der Waals surface area (Å²) in [5.74, 6) is -1.11. The largest absolute Gasteiger partial charge is 0.361 e. The van der Waals surface area contributed by atoms with Gasteiger partial charge in [0.25, 0.3) is 5.91 Å². The van der Waals surface area contributed by atoms with E-state index in [2.05, 4.69) is 10.3 Å². The fourth-order valence-electron chi connectivity index (χ4n) is 4.78. The second-order valence-corrected chi connectivity index (χ2v) is 8.97. The summed E-state index contributed by atoms with van der Waals surface area (Å²) in [7, 11) is 0. The molecule has 1 saturated heterocycles. The minimum Gasteiger partial charge on any atom is -0.361 e. The van der Waals surface area contributed by atoms with E-state index in [-0.39, 0.29) is 18.1 Å². The summed E-state index contributed by atoms with van der Waals surface area (Å²) in [4.78, 5) is 42.9. The van der Waals surface area contributed by atoms with Crippen LogP contribution < -0.4 is 5.32 Å². The first-order valence-electron chi connectivity index (χ1n) is 11.4. The van der Waals surface area contributed by atoms with Crippen LogP contribution in [0.15, 0.2) is 54.7 Å². The molecule has 0 radical (unpaired) electrons. The number of imide groups is 1. The van der Waals surface area contributed by atoms with E-state index in [1.807, 2.05) is 37.4 Å². The molecular formula is C27H25FN4O3. The number of aromatic nitrogens is 2. The summed E-state index contributed by atoms with van der Waals surface area (Å²) in [6.45, 7) is 4.92. The maximum Gasteiger partial charge on any atom is 0.325 e. The van der Waals surface area contributed by atoms with Crippen LogP contribution in [0.4, 0.5) is 9.18 Å². The lowest BCUT2D eigenvalue weighted by atomic mass is 10.0. The highest BCUT2D eigenvalue weighted by atomic mass is 19.1. The van der Waals surface area contributed by atoms with E-state index in [9.17, 15) is 18.8 Å². The highest BCUT2D eigenvalue weighted by Gasteiger charge is 2.39. The third-order valence-corrected chi connectivity index (χ3v) is 6.65. The van der Waals surface area contributed by atoms with Crippen molar-refractivity contribution in [1.29, 1.82) is 0 Å². The highest BCUT2D eigenvalue weighted by molar-refractivity contribution is 6.09. The number of halogens is 1. The Kier molecular flexibility index (Phi) is 5.51. The maximum atomic E-state index is 14.1. The molecule has 0 saturated carbocycles. The van der Waals surface area contributed by atoms with E-state index in [0.717, 1.165) is 27.1 Å². The third-order valence-electron chi connectivity index (χ3n) is 6.65. The SMILES string of the molecule is Cc1ccc(-n2c(C)cc(C(=O)CN3C(=O)N[C@H](Cc4c[nH]c5ccccc45)C3=O)c2C)cc1F. The molecule has 178 valence electrons. The van der Waals surface area contributed by atoms with E-state index in [1.54, 1.807) is 36.6 Å². The first-order valence-corrected chi connectivity index (χ1v) is 11.4. The van der Waals surface area contributed by atoms with Gasteiger partial charge in [-0.2, -0.15) is 0 Å². The van der Waals surface area contributed by atoms with Crippen LogP contribution in [0.5, 0.6) is 0 Å². The van der Waals surface area contributed by atoms with Crippen LogP contribution in [0.1, 0.15) is 32.9 Å². The van der Waals surface area contributed by atoms with E-state index in [4.69, 9.17) is 0 Å². The number of hydrogen-bond donors (Lipinski definition) is 2. The number of nitrogens with zero attached hydrogens (tertiary/aromatic N) is 2. The summed E-state index contributed by atoms with van der Waals surface area (Å²) in [5, 5.41) is 3.70. The van der Waals surface area contributed by atoms with Gasteiger partial charge in [-0.05, 0) is 56.2 Å². The number of rotatable bonds is 6. The Morgan fingerprint density at radius 1 is 1.06 bits per heavy atom. The molecule has 2 aromatic heterocycles. The zero-order chi connectivity index (χ0) is 24.9. The van der Waals surface area contributed by atoms with E-state index in [0.29, 0.717) is 28.9 Å². The molecule has 1 aliphatic heterocycles. The molecule has 1 aliphatic rings. The number of aromatic amines is 1. The summed E-state index contributed by atoms with van der Waals surface area (Å²) in [6, 6.07) is 13.0. The second kappa shape index (κ2) is 8.54. The lowest BCUT2D eigenvalue weighted by Crippen LogP contribution is -2.36. The first kappa shape index (κ1) is 22.6. The summed E-state index contributed by atoms with van der Waals surface area (Å²) in [6.07, 6.45) is 2.16. The molecular weight excluding hydrogens is 447 g/mol. The van der Waals surface area contributed by atoms with Gasteiger partial charge in [0, 0.05) is 46.2 Å². The second-order valence-electron chi connectivity index (χ2n) is 8.97. The van der Waals surface area contributed by atoms with Crippen molar-refractivity contribution in [3.05, 3.63) is 88.6 Å². The number of aryl methyl sites for hydroxylation is 2. The Labute approximate surface area is 201 Å². The number of Topliss-reactive ketones (excluding diaryl/α,β-unsaturated/α-hetero) is 1. The number of nitrogens with one attached hydrogen (secondary N) is 2. The molecule has 0 aliphatic carbocycles. The number of para-hydroxylation sites is 1. The van der Waals surface area contributed by atoms with Gasteiger partial charge < -0.3 is 14.9 Å². The first-order chi connectivity index (χ1) is 16.7. The Hall–Kier alpha value is -4.20. The van der Waals surface area contributed by atoms with Gasteiger partial charge >= 0.3 is 6.03 Å². The number of H-pyrrole nitrogens is 1. The van der Waals surface area contributed by atoms with E-state index >= 15 is 0 Å². The Morgan fingerprint density at radius 3 is 2.60 bits per heavy atom. The molecule has 35 heavy (non-hydrogen) atoms. The van der Waals surface area contributed by atoms with Crippen LogP contribution in [0.3, 0.4) is 0 Å². The van der Waals surface area contributed by atoms with Crippen molar-refractivity contribution in [2.45, 2.75) is 33.2 Å². The normalized spacial score (nSPS) is 15.8. The number of amides is 3. The van der Waals surface area contributed by atoms with Crippen LogP contribution in [0.2, 0.25) is 0 Å². The van der Waals surface area contributed by atoms with Gasteiger partial charge in [-0.1, -0.05) is 24.3 Å². The van der Waals surface area contributed by atoms with Gasteiger partial charge in [-0.3, -0.25) is 14.5 Å². The number of benzene rings is 2. The number of ketones is 1. The molecule has 1 atom stereocenters. The molecule has 5 rings (SSSR count). The van der Waals surface area contributed by atoms with Gasteiger partial charge in [0.15, 0.2) is 5.78 Å². The predicted octanol–water partition coefficient (Wildman–Crippen LogP) is 4.37. The predicted molar refractivity (Wildman–Crippen MR) is 130 cm³/mol. The Balaban J connectivity index is 1.35. The molecule has 1 fully saturated rings.